The summed E-state index contributed by atoms with van der Waals surface area (Å²) in [5, 5.41) is 8.76. The van der Waals surface area contributed by atoms with E-state index in [0.29, 0.717) is 6.42 Å². The van der Waals surface area contributed by atoms with Crippen LogP contribution in [0.15, 0.2) is 0 Å². The van der Waals surface area contributed by atoms with E-state index in [1.54, 1.807) is 6.92 Å². The number of aliphatic hydroxyl groups is 1. The van der Waals surface area contributed by atoms with Crippen LogP contribution >= 0.6 is 0 Å². The van der Waals surface area contributed by atoms with E-state index >= 15 is 0 Å². The van der Waals surface area contributed by atoms with Crippen molar-refractivity contribution >= 4 is 0 Å². The first kappa shape index (κ1) is 10.7. The molecule has 2 nitrogen and oxygen atoms in total. The Morgan fingerprint density at radius 3 is 2.36 bits per heavy atom. The van der Waals surface area contributed by atoms with E-state index in [0.717, 1.165) is 0 Å². The first-order valence-corrected chi connectivity index (χ1v) is 3.28. The van der Waals surface area contributed by atoms with Crippen LogP contribution in [0.4, 0.5) is 13.2 Å². The lowest BCUT2D eigenvalue weighted by Gasteiger charge is -2.10. The van der Waals surface area contributed by atoms with Crippen LogP contribution in [0.5, 0.6) is 0 Å². The predicted octanol–water partition coefficient (Wildman–Crippen LogP) is 1.34. The molecule has 11 heavy (non-hydrogen) atoms. The molecule has 0 spiro atoms. The van der Waals surface area contributed by atoms with Gasteiger partial charge in [-0.25, -0.2) is 0 Å². The highest BCUT2D eigenvalue weighted by molar-refractivity contribution is 4.51. The minimum atomic E-state index is -4.30. The molecule has 0 bridgehead atoms. The summed E-state index contributed by atoms with van der Waals surface area (Å²) in [5.74, 6) is 0. The summed E-state index contributed by atoms with van der Waals surface area (Å²) in [5.41, 5.74) is 0. The van der Waals surface area contributed by atoms with Crippen LogP contribution in [0, 0.1) is 0 Å². The van der Waals surface area contributed by atoms with Gasteiger partial charge in [-0.3, -0.25) is 0 Å². The van der Waals surface area contributed by atoms with E-state index in [-0.39, 0.29) is 6.61 Å². The van der Waals surface area contributed by atoms with Gasteiger partial charge in [0, 0.05) is 0 Å². The fourth-order valence-corrected chi connectivity index (χ4v) is 0.429. The van der Waals surface area contributed by atoms with Crippen molar-refractivity contribution in [3.63, 3.8) is 0 Å². The largest absolute Gasteiger partial charge is 0.411 e. The van der Waals surface area contributed by atoms with Gasteiger partial charge < -0.3 is 9.84 Å². The molecular weight excluding hydrogens is 161 g/mol. The fourth-order valence-electron chi connectivity index (χ4n) is 0.429. The van der Waals surface area contributed by atoms with Crippen LogP contribution in [0.25, 0.3) is 0 Å². The van der Waals surface area contributed by atoms with Gasteiger partial charge in [0.25, 0.3) is 0 Å². The summed E-state index contributed by atoms with van der Waals surface area (Å²) < 4.78 is 38.4. The Morgan fingerprint density at radius 1 is 1.45 bits per heavy atom. The quantitative estimate of drug-likeness (QED) is 0.693. The Balaban J connectivity index is 3.28. The van der Waals surface area contributed by atoms with Gasteiger partial charge in [-0.05, 0) is 6.42 Å². The van der Waals surface area contributed by atoms with Crippen molar-refractivity contribution in [1.29, 1.82) is 0 Å². The summed E-state index contributed by atoms with van der Waals surface area (Å²) in [4.78, 5) is 0. The summed E-state index contributed by atoms with van der Waals surface area (Å²) in [6.45, 7) is 0.127. The molecule has 0 radical (unpaired) electrons. The summed E-state index contributed by atoms with van der Waals surface area (Å²) in [6.07, 6.45) is -4.69. The summed E-state index contributed by atoms with van der Waals surface area (Å²) in [6, 6.07) is 0. The maximum Gasteiger partial charge on any atom is 0.411 e. The molecule has 68 valence electrons. The number of alkyl halides is 3. The van der Waals surface area contributed by atoms with Crippen molar-refractivity contribution in [2.24, 2.45) is 0 Å². The SMILES string of the molecule is CCC(O)COCC(F)(F)F. The van der Waals surface area contributed by atoms with Gasteiger partial charge >= 0.3 is 6.18 Å². The molecule has 0 aliphatic heterocycles. The van der Waals surface area contributed by atoms with Crippen molar-refractivity contribution in [3.8, 4) is 0 Å². The molecule has 0 saturated heterocycles. The molecule has 1 unspecified atom stereocenters. The number of hydrogen-bond acceptors (Lipinski definition) is 2. The van der Waals surface area contributed by atoms with E-state index in [9.17, 15) is 13.2 Å². The van der Waals surface area contributed by atoms with E-state index in [4.69, 9.17) is 5.11 Å². The number of hydrogen-bond donors (Lipinski definition) is 1. The van der Waals surface area contributed by atoms with Crippen molar-refractivity contribution in [2.75, 3.05) is 13.2 Å². The van der Waals surface area contributed by atoms with Crippen LogP contribution in [-0.4, -0.2) is 30.6 Å². The average Bonchev–Trinajstić information content (AvgIpc) is 1.85. The lowest BCUT2D eigenvalue weighted by atomic mass is 10.3. The smallest absolute Gasteiger partial charge is 0.391 e. The third-order valence-corrected chi connectivity index (χ3v) is 1.05. The molecule has 0 aromatic carbocycles. The average molecular weight is 172 g/mol. The molecule has 0 rings (SSSR count). The highest BCUT2D eigenvalue weighted by Crippen LogP contribution is 2.14. The fraction of sp³-hybridized carbons (Fsp3) is 1.00. The zero-order valence-electron chi connectivity index (χ0n) is 6.19. The maximum absolute atomic E-state index is 11.4. The van der Waals surface area contributed by atoms with Gasteiger partial charge in [0.05, 0.1) is 12.7 Å². The van der Waals surface area contributed by atoms with Crippen molar-refractivity contribution in [1.82, 2.24) is 0 Å². The van der Waals surface area contributed by atoms with Crippen molar-refractivity contribution < 1.29 is 23.0 Å². The van der Waals surface area contributed by atoms with E-state index in [2.05, 4.69) is 4.74 Å². The Morgan fingerprint density at radius 2 is 2.00 bits per heavy atom. The number of halogens is 3. The number of rotatable bonds is 4. The summed E-state index contributed by atoms with van der Waals surface area (Å²) in [7, 11) is 0. The molecule has 5 heteroatoms. The Hall–Kier alpha value is -0.290. The van der Waals surface area contributed by atoms with Gasteiger partial charge in [0.15, 0.2) is 0 Å². The lowest BCUT2D eigenvalue weighted by molar-refractivity contribution is -0.179. The second kappa shape index (κ2) is 4.56. The molecule has 0 aromatic rings. The highest BCUT2D eigenvalue weighted by atomic mass is 19.4. The molecule has 0 aliphatic carbocycles. The topological polar surface area (TPSA) is 29.5 Å². The van der Waals surface area contributed by atoms with E-state index in [1.165, 1.54) is 0 Å². The molecule has 0 aromatic heterocycles. The zero-order chi connectivity index (χ0) is 8.91. The lowest BCUT2D eigenvalue weighted by Crippen LogP contribution is -2.22. The molecular formula is C6H11F3O2. The standard InChI is InChI=1S/C6H11F3O2/c1-2-5(10)3-11-4-6(7,8)9/h5,10H,2-4H2,1H3. The van der Waals surface area contributed by atoms with E-state index < -0.39 is 18.9 Å². The molecule has 0 heterocycles. The van der Waals surface area contributed by atoms with Crippen LogP contribution in [0.1, 0.15) is 13.3 Å². The van der Waals surface area contributed by atoms with Crippen LogP contribution in [0.3, 0.4) is 0 Å². The first-order chi connectivity index (χ1) is 4.95. The molecule has 0 amide bonds. The van der Waals surface area contributed by atoms with Gasteiger partial charge in [-0.15, -0.1) is 0 Å². The molecule has 0 fully saturated rings. The Labute approximate surface area is 63.0 Å². The molecule has 1 atom stereocenters. The van der Waals surface area contributed by atoms with Crippen LogP contribution in [-0.2, 0) is 4.74 Å². The highest BCUT2D eigenvalue weighted by Gasteiger charge is 2.27. The maximum atomic E-state index is 11.4. The van der Waals surface area contributed by atoms with Crippen molar-refractivity contribution in [2.45, 2.75) is 25.6 Å². The molecule has 0 saturated carbocycles. The van der Waals surface area contributed by atoms with Crippen molar-refractivity contribution in [3.05, 3.63) is 0 Å². The third kappa shape index (κ3) is 7.61. The summed E-state index contributed by atoms with van der Waals surface area (Å²) >= 11 is 0. The first-order valence-electron chi connectivity index (χ1n) is 3.28. The third-order valence-electron chi connectivity index (χ3n) is 1.05. The molecule has 0 aliphatic rings. The predicted molar refractivity (Wildman–Crippen MR) is 33.2 cm³/mol. The second-order valence-electron chi connectivity index (χ2n) is 2.19. The normalized spacial score (nSPS) is 15.0. The van der Waals surface area contributed by atoms with Gasteiger partial charge in [-0.1, -0.05) is 6.92 Å². The monoisotopic (exact) mass is 172 g/mol. The van der Waals surface area contributed by atoms with Gasteiger partial charge in [0.1, 0.15) is 6.61 Å². The number of ether oxygens (including phenoxy) is 1. The van der Waals surface area contributed by atoms with Crippen LogP contribution < -0.4 is 0 Å². The van der Waals surface area contributed by atoms with E-state index in [1.807, 2.05) is 0 Å². The zero-order valence-corrected chi connectivity index (χ0v) is 6.19. The Bertz CT molecular complexity index is 102. The molecule has 1 N–H and O–H groups in total. The minimum Gasteiger partial charge on any atom is -0.391 e. The van der Waals surface area contributed by atoms with Gasteiger partial charge in [-0.2, -0.15) is 13.2 Å². The minimum absolute atomic E-state index is 0.254. The Kier molecular flexibility index (Phi) is 4.44. The van der Waals surface area contributed by atoms with Crippen LogP contribution in [0.2, 0.25) is 0 Å². The number of aliphatic hydroxyl groups excluding tert-OH is 1. The van der Waals surface area contributed by atoms with Gasteiger partial charge in [0.2, 0.25) is 0 Å². The second-order valence-corrected chi connectivity index (χ2v) is 2.19.